The second kappa shape index (κ2) is 8.20. The van der Waals surface area contributed by atoms with Crippen molar-refractivity contribution in [1.82, 2.24) is 4.98 Å². The van der Waals surface area contributed by atoms with Crippen LogP contribution in [-0.4, -0.2) is 27.7 Å². The first kappa shape index (κ1) is 20.6. The number of aromatic nitrogens is 1. The van der Waals surface area contributed by atoms with Gasteiger partial charge in [-0.2, -0.15) is 0 Å². The Balaban J connectivity index is 1.87. The summed E-state index contributed by atoms with van der Waals surface area (Å²) in [6.07, 6.45) is -2.05. The van der Waals surface area contributed by atoms with Gasteiger partial charge in [-0.25, -0.2) is 8.78 Å². The Hall–Kier alpha value is -2.71. The molecule has 0 radical (unpaired) electrons. The molecule has 0 aliphatic carbocycles. The minimum absolute atomic E-state index is 0.113. The molecule has 2 aromatic carbocycles. The number of rotatable bonds is 4. The molecule has 1 N–H and O–H groups in total. The van der Waals surface area contributed by atoms with Crippen molar-refractivity contribution in [3.05, 3.63) is 75.3 Å². The fraction of sp³-hybridized carbons (Fsp3) is 0.190. The van der Waals surface area contributed by atoms with Crippen LogP contribution >= 0.6 is 23.4 Å². The van der Waals surface area contributed by atoms with Crippen LogP contribution in [-0.2, 0) is 4.79 Å². The Morgan fingerprint density at radius 1 is 1.27 bits per heavy atom. The van der Waals surface area contributed by atoms with Gasteiger partial charge in [0.1, 0.15) is 11.1 Å². The average Bonchev–Trinajstić information content (AvgIpc) is 3.14. The molecule has 3 aromatic rings. The molecule has 0 saturated heterocycles. The van der Waals surface area contributed by atoms with E-state index in [1.165, 1.54) is 36.0 Å². The van der Waals surface area contributed by atoms with Gasteiger partial charge in [-0.1, -0.05) is 41.6 Å². The first-order chi connectivity index (χ1) is 14.4. The maximum Gasteiger partial charge on any atom is 0.248 e. The van der Waals surface area contributed by atoms with E-state index in [2.05, 4.69) is 9.98 Å². The standard InChI is InChI=1S/C21H16ClF2N3O2S/c1-11-19(30-10-25-11)21(29)27(13-5-2-4-12(22)8-13)20(24)15-9-17(28)26-18-14(15)6-3-7-16(18)23/h2-11,19-20H,1H3,(H,26,28). The first-order valence-corrected chi connectivity index (χ1v) is 10.4. The lowest BCUT2D eigenvalue weighted by molar-refractivity contribution is -0.119. The van der Waals surface area contributed by atoms with E-state index in [1.54, 1.807) is 30.7 Å². The van der Waals surface area contributed by atoms with E-state index in [0.29, 0.717) is 5.02 Å². The van der Waals surface area contributed by atoms with Crippen molar-refractivity contribution < 1.29 is 13.6 Å². The Morgan fingerprint density at radius 3 is 2.73 bits per heavy atom. The molecule has 1 aromatic heterocycles. The first-order valence-electron chi connectivity index (χ1n) is 9.08. The molecule has 30 heavy (non-hydrogen) atoms. The van der Waals surface area contributed by atoms with E-state index in [4.69, 9.17) is 11.6 Å². The van der Waals surface area contributed by atoms with Crippen LogP contribution in [0.4, 0.5) is 14.5 Å². The zero-order valence-corrected chi connectivity index (χ0v) is 17.3. The van der Waals surface area contributed by atoms with Crippen LogP contribution in [0.5, 0.6) is 0 Å². The van der Waals surface area contributed by atoms with Crippen LogP contribution in [0.15, 0.2) is 58.3 Å². The van der Waals surface area contributed by atoms with E-state index >= 15 is 4.39 Å². The molecule has 0 fully saturated rings. The number of hydrogen-bond donors (Lipinski definition) is 1. The Labute approximate surface area is 179 Å². The Bertz CT molecular complexity index is 1220. The number of hydrogen-bond acceptors (Lipinski definition) is 4. The lowest BCUT2D eigenvalue weighted by Gasteiger charge is -2.30. The lowest BCUT2D eigenvalue weighted by Crippen LogP contribution is -2.42. The summed E-state index contributed by atoms with van der Waals surface area (Å²) in [4.78, 5) is 33.0. The van der Waals surface area contributed by atoms with Gasteiger partial charge in [0.05, 0.1) is 17.1 Å². The third-order valence-corrected chi connectivity index (χ3v) is 6.22. The van der Waals surface area contributed by atoms with E-state index in [1.807, 2.05) is 0 Å². The predicted octanol–water partition coefficient (Wildman–Crippen LogP) is 4.85. The highest BCUT2D eigenvalue weighted by atomic mass is 35.5. The summed E-state index contributed by atoms with van der Waals surface area (Å²) in [6, 6.07) is 11.0. The zero-order valence-electron chi connectivity index (χ0n) is 15.7. The largest absolute Gasteiger partial charge is 0.319 e. The summed E-state index contributed by atoms with van der Waals surface area (Å²) in [5.41, 5.74) is 0.890. The molecule has 0 spiro atoms. The minimum Gasteiger partial charge on any atom is -0.319 e. The third-order valence-electron chi connectivity index (χ3n) is 4.85. The fourth-order valence-electron chi connectivity index (χ4n) is 3.39. The summed E-state index contributed by atoms with van der Waals surface area (Å²) >= 11 is 7.28. The van der Waals surface area contributed by atoms with Gasteiger partial charge in [-0.15, -0.1) is 0 Å². The molecule has 0 bridgehead atoms. The number of benzene rings is 2. The van der Waals surface area contributed by atoms with Crippen molar-refractivity contribution in [2.45, 2.75) is 24.5 Å². The molecular formula is C21H16ClF2N3O2S. The number of nitrogens with one attached hydrogen (secondary N) is 1. The van der Waals surface area contributed by atoms with E-state index in [9.17, 15) is 14.0 Å². The summed E-state index contributed by atoms with van der Waals surface area (Å²) in [5.74, 6) is -1.21. The number of nitrogens with zero attached hydrogens (tertiary/aromatic N) is 2. The van der Waals surface area contributed by atoms with Crippen molar-refractivity contribution in [2.75, 3.05) is 4.90 Å². The number of aliphatic imine (C=N–C) groups is 1. The topological polar surface area (TPSA) is 65.5 Å². The number of H-pyrrole nitrogens is 1. The molecule has 1 aliphatic heterocycles. The van der Waals surface area contributed by atoms with Crippen molar-refractivity contribution in [1.29, 1.82) is 0 Å². The van der Waals surface area contributed by atoms with Gasteiger partial charge < -0.3 is 4.98 Å². The maximum absolute atomic E-state index is 16.0. The molecule has 0 saturated carbocycles. The monoisotopic (exact) mass is 447 g/mol. The summed E-state index contributed by atoms with van der Waals surface area (Å²) < 4.78 is 30.3. The number of aromatic amines is 1. The van der Waals surface area contributed by atoms with Gasteiger partial charge in [0.15, 0.2) is 0 Å². The zero-order chi connectivity index (χ0) is 21.4. The number of alkyl halides is 1. The molecule has 3 atom stereocenters. The van der Waals surface area contributed by atoms with E-state index < -0.39 is 28.8 Å². The molecule has 5 nitrogen and oxygen atoms in total. The quantitative estimate of drug-likeness (QED) is 0.581. The smallest absolute Gasteiger partial charge is 0.248 e. The van der Waals surface area contributed by atoms with Gasteiger partial charge in [0, 0.05) is 27.7 Å². The van der Waals surface area contributed by atoms with Crippen LogP contribution in [0, 0.1) is 5.82 Å². The number of carbonyl (C=O) groups is 1. The highest BCUT2D eigenvalue weighted by Gasteiger charge is 2.37. The Kier molecular flexibility index (Phi) is 5.62. The number of para-hydroxylation sites is 1. The van der Waals surface area contributed by atoms with E-state index in [0.717, 1.165) is 11.0 Å². The molecule has 4 rings (SSSR count). The van der Waals surface area contributed by atoms with Gasteiger partial charge in [0.2, 0.25) is 17.8 Å². The number of thioether (sulfide) groups is 1. The van der Waals surface area contributed by atoms with Crippen molar-refractivity contribution in [3.63, 3.8) is 0 Å². The van der Waals surface area contributed by atoms with Gasteiger partial charge in [-0.3, -0.25) is 19.5 Å². The fourth-order valence-corrected chi connectivity index (χ4v) is 4.50. The van der Waals surface area contributed by atoms with Gasteiger partial charge in [-0.05, 0) is 31.2 Å². The van der Waals surface area contributed by atoms with Crippen LogP contribution in [0.2, 0.25) is 5.02 Å². The van der Waals surface area contributed by atoms with E-state index in [-0.39, 0.29) is 28.2 Å². The summed E-state index contributed by atoms with van der Waals surface area (Å²) in [6.45, 7) is 1.76. The molecule has 2 heterocycles. The molecular weight excluding hydrogens is 432 g/mol. The maximum atomic E-state index is 16.0. The number of amides is 1. The molecule has 9 heteroatoms. The third kappa shape index (κ3) is 3.73. The number of pyridine rings is 1. The van der Waals surface area contributed by atoms with Crippen LogP contribution in [0.25, 0.3) is 10.9 Å². The second-order valence-corrected chi connectivity index (χ2v) is 8.25. The number of halogens is 3. The summed E-state index contributed by atoms with van der Waals surface area (Å²) in [5, 5.41) is -0.139. The normalized spacial score (nSPS) is 19.2. The highest BCUT2D eigenvalue weighted by Crippen LogP contribution is 2.36. The number of fused-ring (bicyclic) bond motifs is 1. The Morgan fingerprint density at radius 2 is 2.03 bits per heavy atom. The lowest BCUT2D eigenvalue weighted by atomic mass is 10.1. The van der Waals surface area contributed by atoms with Crippen LogP contribution in [0.3, 0.4) is 0 Å². The van der Waals surface area contributed by atoms with Crippen LogP contribution < -0.4 is 10.5 Å². The van der Waals surface area contributed by atoms with Crippen molar-refractivity contribution in [2.24, 2.45) is 4.99 Å². The van der Waals surface area contributed by atoms with Gasteiger partial charge >= 0.3 is 0 Å². The van der Waals surface area contributed by atoms with Crippen molar-refractivity contribution >= 4 is 51.4 Å². The average molecular weight is 448 g/mol. The second-order valence-electron chi connectivity index (χ2n) is 6.83. The molecule has 1 aliphatic rings. The number of anilines is 1. The van der Waals surface area contributed by atoms with Crippen molar-refractivity contribution in [3.8, 4) is 0 Å². The molecule has 154 valence electrons. The predicted molar refractivity (Wildman–Crippen MR) is 117 cm³/mol. The highest BCUT2D eigenvalue weighted by molar-refractivity contribution is 8.13. The van der Waals surface area contributed by atoms with Crippen LogP contribution in [0.1, 0.15) is 18.8 Å². The SMILES string of the molecule is CC1N=CSC1C(=O)N(c1cccc(Cl)c1)C(F)c1cc(=O)[nH]c2c(F)cccc12. The molecule has 1 amide bonds. The number of carbonyl (C=O) groups excluding carboxylic acids is 1. The van der Waals surface area contributed by atoms with Gasteiger partial charge in [0.25, 0.3) is 0 Å². The molecule has 3 unspecified atom stereocenters. The summed E-state index contributed by atoms with van der Waals surface area (Å²) in [7, 11) is 0. The minimum atomic E-state index is -2.05.